The number of likely N-dealkylation sites (tertiary alicyclic amines) is 2. The van der Waals surface area contributed by atoms with Crippen LogP contribution < -0.4 is 0 Å². The minimum atomic E-state index is -0.294. The second-order valence-electron chi connectivity index (χ2n) is 9.04. The summed E-state index contributed by atoms with van der Waals surface area (Å²) in [6, 6.07) is 0. The zero-order valence-corrected chi connectivity index (χ0v) is 17.0. The third-order valence-corrected chi connectivity index (χ3v) is 5.85. The van der Waals surface area contributed by atoms with Crippen LogP contribution in [0.4, 0.5) is 0 Å². The van der Waals surface area contributed by atoms with E-state index in [1.165, 1.54) is 38.8 Å². The van der Waals surface area contributed by atoms with E-state index in [9.17, 15) is 4.79 Å². The van der Waals surface area contributed by atoms with E-state index in [0.29, 0.717) is 5.92 Å². The lowest BCUT2D eigenvalue weighted by Crippen LogP contribution is -2.44. The average Bonchev–Trinajstić information content (AvgIpc) is 2.81. The van der Waals surface area contributed by atoms with Gasteiger partial charge in [0.25, 0.3) is 0 Å². The SMILES string of the molecule is Cn1c(CN2CCCCCC2)nnc1C1CCN(C(=O)C(C)(C)C)CC1. The Morgan fingerprint density at radius 3 is 2.19 bits per heavy atom. The van der Waals surface area contributed by atoms with E-state index >= 15 is 0 Å². The topological polar surface area (TPSA) is 54.3 Å². The van der Waals surface area contributed by atoms with Gasteiger partial charge in [-0.05, 0) is 38.8 Å². The van der Waals surface area contributed by atoms with Crippen LogP contribution >= 0.6 is 0 Å². The van der Waals surface area contributed by atoms with E-state index in [0.717, 1.165) is 44.1 Å². The molecule has 2 aliphatic heterocycles. The Hall–Kier alpha value is -1.43. The van der Waals surface area contributed by atoms with Crippen LogP contribution in [0.2, 0.25) is 0 Å². The first-order valence-corrected chi connectivity index (χ1v) is 10.3. The minimum absolute atomic E-state index is 0.260. The van der Waals surface area contributed by atoms with Crippen molar-refractivity contribution in [2.24, 2.45) is 12.5 Å². The number of hydrogen-bond acceptors (Lipinski definition) is 4. The molecular formula is C20H35N5O. The number of aromatic nitrogens is 3. The number of hydrogen-bond donors (Lipinski definition) is 0. The Labute approximate surface area is 157 Å². The van der Waals surface area contributed by atoms with Gasteiger partial charge in [0.1, 0.15) is 11.6 Å². The Balaban J connectivity index is 1.59. The fourth-order valence-electron chi connectivity index (χ4n) is 4.18. The minimum Gasteiger partial charge on any atom is -0.342 e. The Morgan fingerprint density at radius 2 is 1.62 bits per heavy atom. The fourth-order valence-corrected chi connectivity index (χ4v) is 4.18. The first-order valence-electron chi connectivity index (χ1n) is 10.3. The van der Waals surface area contributed by atoms with Gasteiger partial charge in [0.15, 0.2) is 0 Å². The zero-order valence-electron chi connectivity index (χ0n) is 17.0. The van der Waals surface area contributed by atoms with Crippen molar-refractivity contribution in [3.63, 3.8) is 0 Å². The van der Waals surface area contributed by atoms with Gasteiger partial charge in [0, 0.05) is 31.5 Å². The fraction of sp³-hybridized carbons (Fsp3) is 0.850. The predicted octanol–water partition coefficient (Wildman–Crippen LogP) is 2.94. The van der Waals surface area contributed by atoms with Crippen molar-refractivity contribution < 1.29 is 4.79 Å². The highest BCUT2D eigenvalue weighted by molar-refractivity contribution is 5.81. The molecule has 2 fully saturated rings. The third kappa shape index (κ3) is 4.45. The molecule has 0 atom stereocenters. The van der Waals surface area contributed by atoms with Gasteiger partial charge >= 0.3 is 0 Å². The first-order chi connectivity index (χ1) is 12.4. The lowest BCUT2D eigenvalue weighted by atomic mass is 9.90. The van der Waals surface area contributed by atoms with E-state index < -0.39 is 0 Å². The summed E-state index contributed by atoms with van der Waals surface area (Å²) in [5, 5.41) is 9.03. The predicted molar refractivity (Wildman–Crippen MR) is 103 cm³/mol. The van der Waals surface area contributed by atoms with Crippen molar-refractivity contribution in [2.75, 3.05) is 26.2 Å². The smallest absolute Gasteiger partial charge is 0.227 e. The van der Waals surface area contributed by atoms with E-state index in [1.807, 2.05) is 25.7 Å². The summed E-state index contributed by atoms with van der Waals surface area (Å²) in [5.41, 5.74) is -0.294. The van der Waals surface area contributed by atoms with Crippen molar-refractivity contribution >= 4 is 5.91 Å². The van der Waals surface area contributed by atoms with E-state index in [1.54, 1.807) is 0 Å². The molecule has 0 spiro atoms. The number of carbonyl (C=O) groups is 1. The molecule has 2 saturated heterocycles. The quantitative estimate of drug-likeness (QED) is 0.831. The maximum absolute atomic E-state index is 12.5. The summed E-state index contributed by atoms with van der Waals surface area (Å²) in [6.45, 7) is 10.9. The van der Waals surface area contributed by atoms with Crippen LogP contribution in [0.1, 0.15) is 76.9 Å². The van der Waals surface area contributed by atoms with Gasteiger partial charge in [-0.25, -0.2) is 0 Å². The van der Waals surface area contributed by atoms with Crippen LogP contribution in [0.25, 0.3) is 0 Å². The number of amides is 1. The second kappa shape index (κ2) is 8.07. The van der Waals surface area contributed by atoms with E-state index in [2.05, 4.69) is 26.7 Å². The molecule has 1 aromatic rings. The zero-order chi connectivity index (χ0) is 18.7. The highest BCUT2D eigenvalue weighted by Gasteiger charge is 2.32. The van der Waals surface area contributed by atoms with Crippen LogP contribution in [0.5, 0.6) is 0 Å². The van der Waals surface area contributed by atoms with Gasteiger partial charge < -0.3 is 9.47 Å². The standard InChI is InChI=1S/C20H35N5O/c1-20(2,3)19(26)25-13-9-16(10-14-25)18-22-21-17(23(18)4)15-24-11-7-5-6-8-12-24/h16H,5-15H2,1-4H3. The summed E-state index contributed by atoms with van der Waals surface area (Å²) in [7, 11) is 2.11. The van der Waals surface area contributed by atoms with Crippen molar-refractivity contribution in [2.45, 2.75) is 71.8 Å². The summed E-state index contributed by atoms with van der Waals surface area (Å²) in [6.07, 6.45) is 7.27. The molecule has 3 rings (SSSR count). The molecule has 3 heterocycles. The van der Waals surface area contributed by atoms with Gasteiger partial charge in [-0.2, -0.15) is 0 Å². The van der Waals surface area contributed by atoms with Gasteiger partial charge in [-0.15, -0.1) is 10.2 Å². The van der Waals surface area contributed by atoms with Crippen molar-refractivity contribution in [3.8, 4) is 0 Å². The molecule has 26 heavy (non-hydrogen) atoms. The van der Waals surface area contributed by atoms with Crippen LogP contribution in [-0.4, -0.2) is 56.7 Å². The van der Waals surface area contributed by atoms with Crippen LogP contribution in [0.15, 0.2) is 0 Å². The lowest BCUT2D eigenvalue weighted by molar-refractivity contribution is -0.140. The summed E-state index contributed by atoms with van der Waals surface area (Å²) < 4.78 is 2.21. The summed E-state index contributed by atoms with van der Waals surface area (Å²) in [4.78, 5) is 17.0. The third-order valence-electron chi connectivity index (χ3n) is 5.85. The molecule has 0 N–H and O–H groups in total. The number of piperidine rings is 1. The molecule has 6 nitrogen and oxygen atoms in total. The number of rotatable bonds is 3. The molecule has 0 unspecified atom stereocenters. The summed E-state index contributed by atoms with van der Waals surface area (Å²) in [5.74, 6) is 2.85. The maximum Gasteiger partial charge on any atom is 0.227 e. The molecule has 146 valence electrons. The number of nitrogens with zero attached hydrogens (tertiary/aromatic N) is 5. The van der Waals surface area contributed by atoms with Crippen molar-refractivity contribution in [1.29, 1.82) is 0 Å². The maximum atomic E-state index is 12.5. The number of carbonyl (C=O) groups excluding carboxylic acids is 1. The monoisotopic (exact) mass is 361 g/mol. The van der Waals surface area contributed by atoms with Crippen LogP contribution in [0.3, 0.4) is 0 Å². The molecular weight excluding hydrogens is 326 g/mol. The highest BCUT2D eigenvalue weighted by atomic mass is 16.2. The molecule has 0 aromatic carbocycles. The molecule has 6 heteroatoms. The van der Waals surface area contributed by atoms with Crippen LogP contribution in [0, 0.1) is 5.41 Å². The normalized spacial score (nSPS) is 21.0. The first kappa shape index (κ1) is 19.3. The molecule has 1 aromatic heterocycles. The van der Waals surface area contributed by atoms with E-state index in [4.69, 9.17) is 0 Å². The Morgan fingerprint density at radius 1 is 1.00 bits per heavy atom. The molecule has 0 bridgehead atoms. The molecule has 0 saturated carbocycles. The van der Waals surface area contributed by atoms with Crippen molar-refractivity contribution in [1.82, 2.24) is 24.6 Å². The van der Waals surface area contributed by atoms with Gasteiger partial charge in [0.2, 0.25) is 5.91 Å². The van der Waals surface area contributed by atoms with E-state index in [-0.39, 0.29) is 11.3 Å². The van der Waals surface area contributed by atoms with Gasteiger partial charge in [-0.1, -0.05) is 33.6 Å². The van der Waals surface area contributed by atoms with Crippen LogP contribution in [-0.2, 0) is 18.4 Å². The van der Waals surface area contributed by atoms with Gasteiger partial charge in [-0.3, -0.25) is 9.69 Å². The van der Waals surface area contributed by atoms with Gasteiger partial charge in [0.05, 0.1) is 6.54 Å². The molecule has 0 aliphatic carbocycles. The molecule has 0 radical (unpaired) electrons. The lowest BCUT2D eigenvalue weighted by Gasteiger charge is -2.35. The Bertz CT molecular complexity index is 602. The van der Waals surface area contributed by atoms with Crippen molar-refractivity contribution in [3.05, 3.63) is 11.6 Å². The molecule has 1 amide bonds. The summed E-state index contributed by atoms with van der Waals surface area (Å²) >= 11 is 0. The Kier molecular flexibility index (Phi) is 6.00. The largest absolute Gasteiger partial charge is 0.342 e. The average molecular weight is 362 g/mol. The highest BCUT2D eigenvalue weighted by Crippen LogP contribution is 2.29. The second-order valence-corrected chi connectivity index (χ2v) is 9.04. The molecule has 2 aliphatic rings.